The molecular weight excluding hydrogens is 295 g/mol. The van der Waals surface area contributed by atoms with Gasteiger partial charge in [-0.15, -0.1) is 0 Å². The van der Waals surface area contributed by atoms with Crippen LogP contribution >= 0.6 is 22.6 Å². The number of halogens is 1. The Bertz CT molecular complexity index is 281. The van der Waals surface area contributed by atoms with Gasteiger partial charge in [-0.2, -0.15) is 0 Å². The lowest BCUT2D eigenvalue weighted by Crippen LogP contribution is -2.37. The minimum absolute atomic E-state index is 0.336. The van der Waals surface area contributed by atoms with Crippen LogP contribution in [0.4, 0.5) is 0 Å². The zero-order chi connectivity index (χ0) is 10.2. The average Bonchev–Trinajstić information content (AvgIpc) is 2.63. The van der Waals surface area contributed by atoms with E-state index in [0.29, 0.717) is 13.2 Å². The van der Waals surface area contributed by atoms with Gasteiger partial charge in [0.25, 0.3) is 0 Å². The molecule has 2 rings (SSSR count). The molecule has 78 valence electrons. The fraction of sp³-hybridized carbons (Fsp3) is 0.700. The normalized spacial score (nSPS) is 35.7. The first-order chi connectivity index (χ1) is 6.60. The molecule has 0 amide bonds. The monoisotopic (exact) mass is 308 g/mol. The van der Waals surface area contributed by atoms with E-state index in [1.807, 2.05) is 13.0 Å². The molecule has 0 bridgehead atoms. The number of allylic oxidation sites excluding steroid dienone is 1. The summed E-state index contributed by atoms with van der Waals surface area (Å²) in [6.45, 7) is 3.25. The molecule has 1 aliphatic carbocycles. The zero-order valence-corrected chi connectivity index (χ0v) is 10.2. The third-order valence-electron chi connectivity index (χ3n) is 2.84. The third kappa shape index (κ3) is 1.63. The Hall–Kier alpha value is 0.0600. The number of rotatable bonds is 1. The molecule has 2 aliphatic rings. The van der Waals surface area contributed by atoms with Crippen molar-refractivity contribution >= 4 is 28.9 Å². The highest BCUT2D eigenvalue weighted by atomic mass is 127. The Morgan fingerprint density at radius 1 is 1.43 bits per heavy atom. The van der Waals surface area contributed by atoms with E-state index in [4.69, 9.17) is 9.47 Å². The van der Waals surface area contributed by atoms with Crippen LogP contribution in [-0.2, 0) is 14.3 Å². The van der Waals surface area contributed by atoms with Crippen LogP contribution in [0.5, 0.6) is 0 Å². The first-order valence-corrected chi connectivity index (χ1v) is 5.81. The second-order valence-corrected chi connectivity index (χ2v) is 5.23. The lowest BCUT2D eigenvalue weighted by Gasteiger charge is -2.36. The van der Waals surface area contributed by atoms with Crippen LogP contribution < -0.4 is 0 Å². The van der Waals surface area contributed by atoms with Crippen molar-refractivity contribution < 1.29 is 14.3 Å². The number of hydrogen-bond donors (Lipinski definition) is 0. The summed E-state index contributed by atoms with van der Waals surface area (Å²) in [5.41, 5.74) is -0.336. The van der Waals surface area contributed by atoms with E-state index >= 15 is 0 Å². The van der Waals surface area contributed by atoms with Crippen molar-refractivity contribution in [3.8, 4) is 0 Å². The van der Waals surface area contributed by atoms with Crippen molar-refractivity contribution in [3.05, 3.63) is 9.66 Å². The lowest BCUT2D eigenvalue weighted by atomic mass is 9.80. The lowest BCUT2D eigenvalue weighted by molar-refractivity contribution is -0.136. The van der Waals surface area contributed by atoms with Crippen LogP contribution in [0.3, 0.4) is 0 Å². The van der Waals surface area contributed by atoms with Crippen LogP contribution in [-0.4, -0.2) is 25.3 Å². The zero-order valence-electron chi connectivity index (χ0n) is 8.09. The van der Waals surface area contributed by atoms with Crippen molar-refractivity contribution in [1.82, 2.24) is 0 Å². The van der Waals surface area contributed by atoms with Gasteiger partial charge in [0.2, 0.25) is 5.79 Å². The number of aldehydes is 1. The Labute approximate surface area is 97.0 Å². The Kier molecular flexibility index (Phi) is 2.70. The van der Waals surface area contributed by atoms with Crippen molar-refractivity contribution in [2.24, 2.45) is 5.41 Å². The summed E-state index contributed by atoms with van der Waals surface area (Å²) in [6.07, 6.45) is 4.54. The topological polar surface area (TPSA) is 35.5 Å². The number of ether oxygens (including phenoxy) is 2. The van der Waals surface area contributed by atoms with E-state index in [1.165, 1.54) is 0 Å². The van der Waals surface area contributed by atoms with Gasteiger partial charge in [-0.1, -0.05) is 6.08 Å². The molecule has 4 heteroatoms. The van der Waals surface area contributed by atoms with Crippen LogP contribution in [0, 0.1) is 5.41 Å². The SMILES string of the molecule is CC1(C=O)C=C(I)C2(CC1)OCCO2. The van der Waals surface area contributed by atoms with Crippen molar-refractivity contribution in [2.45, 2.75) is 25.6 Å². The molecule has 0 aromatic heterocycles. The van der Waals surface area contributed by atoms with Crippen molar-refractivity contribution in [1.29, 1.82) is 0 Å². The maximum absolute atomic E-state index is 10.9. The van der Waals surface area contributed by atoms with Crippen LogP contribution in [0.25, 0.3) is 0 Å². The third-order valence-corrected chi connectivity index (χ3v) is 3.97. The van der Waals surface area contributed by atoms with Gasteiger partial charge in [0.05, 0.1) is 13.2 Å². The highest BCUT2D eigenvalue weighted by Crippen LogP contribution is 2.45. The first kappa shape index (κ1) is 10.6. The van der Waals surface area contributed by atoms with E-state index in [-0.39, 0.29) is 5.41 Å². The molecule has 1 fully saturated rings. The molecule has 1 heterocycles. The van der Waals surface area contributed by atoms with E-state index in [9.17, 15) is 4.79 Å². The Morgan fingerprint density at radius 2 is 2.07 bits per heavy atom. The van der Waals surface area contributed by atoms with E-state index in [2.05, 4.69) is 22.6 Å². The van der Waals surface area contributed by atoms with E-state index in [0.717, 1.165) is 22.7 Å². The molecule has 1 unspecified atom stereocenters. The van der Waals surface area contributed by atoms with Gasteiger partial charge in [-0.25, -0.2) is 0 Å². The summed E-state index contributed by atoms with van der Waals surface area (Å²) >= 11 is 2.21. The molecule has 1 atom stereocenters. The Balaban J connectivity index is 2.28. The molecule has 0 N–H and O–H groups in total. The number of hydrogen-bond acceptors (Lipinski definition) is 3. The molecule has 1 aliphatic heterocycles. The molecule has 14 heavy (non-hydrogen) atoms. The molecule has 0 aromatic rings. The second-order valence-electron chi connectivity index (χ2n) is 4.07. The molecule has 0 radical (unpaired) electrons. The standard InChI is InChI=1S/C10H13IO3/c1-9(7-12)2-3-10(8(11)6-9)13-4-5-14-10/h6-7H,2-5H2,1H3. The largest absolute Gasteiger partial charge is 0.343 e. The fourth-order valence-corrected chi connectivity index (χ4v) is 3.15. The quantitative estimate of drug-likeness (QED) is 0.549. The van der Waals surface area contributed by atoms with Gasteiger partial charge in [0, 0.05) is 15.4 Å². The summed E-state index contributed by atoms with van der Waals surface area (Å²) in [4.78, 5) is 10.9. The fourth-order valence-electron chi connectivity index (χ4n) is 1.85. The summed E-state index contributed by atoms with van der Waals surface area (Å²) < 4.78 is 12.2. The summed E-state index contributed by atoms with van der Waals surface area (Å²) in [6, 6.07) is 0. The van der Waals surface area contributed by atoms with Crippen molar-refractivity contribution in [2.75, 3.05) is 13.2 Å². The van der Waals surface area contributed by atoms with Gasteiger partial charge in [-0.05, 0) is 35.9 Å². The van der Waals surface area contributed by atoms with Crippen molar-refractivity contribution in [3.63, 3.8) is 0 Å². The number of carbonyl (C=O) groups excluding carboxylic acids is 1. The molecule has 1 saturated heterocycles. The Morgan fingerprint density at radius 3 is 2.57 bits per heavy atom. The molecule has 0 saturated carbocycles. The molecule has 1 spiro atoms. The predicted molar refractivity (Wildman–Crippen MR) is 60.1 cm³/mol. The van der Waals surface area contributed by atoms with Gasteiger partial charge >= 0.3 is 0 Å². The van der Waals surface area contributed by atoms with Gasteiger partial charge in [0.1, 0.15) is 6.29 Å². The van der Waals surface area contributed by atoms with Gasteiger partial charge in [-0.3, -0.25) is 0 Å². The maximum Gasteiger partial charge on any atom is 0.200 e. The number of carbonyl (C=O) groups is 1. The maximum atomic E-state index is 10.9. The summed E-state index contributed by atoms with van der Waals surface area (Å²) in [7, 11) is 0. The van der Waals surface area contributed by atoms with Crippen LogP contribution in [0.2, 0.25) is 0 Å². The first-order valence-electron chi connectivity index (χ1n) is 4.73. The predicted octanol–water partition coefficient (Wildman–Crippen LogP) is 2.05. The van der Waals surface area contributed by atoms with Gasteiger partial charge < -0.3 is 14.3 Å². The minimum atomic E-state index is -0.525. The highest BCUT2D eigenvalue weighted by molar-refractivity contribution is 14.1. The average molecular weight is 308 g/mol. The highest BCUT2D eigenvalue weighted by Gasteiger charge is 2.45. The minimum Gasteiger partial charge on any atom is -0.343 e. The molecular formula is C10H13IO3. The van der Waals surface area contributed by atoms with E-state index in [1.54, 1.807) is 0 Å². The summed E-state index contributed by atoms with van der Waals surface area (Å²) in [5.74, 6) is -0.525. The van der Waals surface area contributed by atoms with Crippen LogP contribution in [0.1, 0.15) is 19.8 Å². The van der Waals surface area contributed by atoms with E-state index < -0.39 is 5.79 Å². The van der Waals surface area contributed by atoms with Crippen LogP contribution in [0.15, 0.2) is 9.66 Å². The molecule has 0 aromatic carbocycles. The second kappa shape index (κ2) is 3.57. The summed E-state index contributed by atoms with van der Waals surface area (Å²) in [5, 5.41) is 0. The molecule has 3 nitrogen and oxygen atoms in total. The van der Waals surface area contributed by atoms with Gasteiger partial charge in [0.15, 0.2) is 0 Å². The smallest absolute Gasteiger partial charge is 0.200 e.